The van der Waals surface area contributed by atoms with Gasteiger partial charge in [0.2, 0.25) is 29.4 Å². The van der Waals surface area contributed by atoms with Crippen LogP contribution in [-0.2, 0) is 61.5 Å². The molecule has 5 N–H and O–H groups in total. The van der Waals surface area contributed by atoms with Crippen LogP contribution in [-0.4, -0.2) is 105 Å². The fourth-order valence-corrected chi connectivity index (χ4v) is 7.43. The number of hydrogen-bond donors (Lipinski definition) is 4. The number of ketones is 1. The first-order chi connectivity index (χ1) is 26.6. The largest absolute Gasteiger partial charge is 0.493 e. The summed E-state index contributed by atoms with van der Waals surface area (Å²) in [5, 5.41) is 15.4. The number of hydrogen-bond acceptors (Lipinski definition) is 11. The summed E-state index contributed by atoms with van der Waals surface area (Å²) in [7, 11) is 2.88. The molecule has 0 radical (unpaired) electrons. The highest BCUT2D eigenvalue weighted by molar-refractivity contribution is 6.40. The average Bonchev–Trinajstić information content (AvgIpc) is 3.97. The van der Waals surface area contributed by atoms with Crippen molar-refractivity contribution in [3.8, 4) is 11.5 Å². The number of nitrogens with zero attached hydrogens (tertiary/aromatic N) is 5. The number of methoxy groups -OCH3 is 2. The van der Waals surface area contributed by atoms with Gasteiger partial charge in [-0.1, -0.05) is 29.5 Å². The number of Topliss-reactive ketones (excluding diaryl/α,β-unsaturated/α-hetero) is 1. The summed E-state index contributed by atoms with van der Waals surface area (Å²) < 4.78 is 41.6. The van der Waals surface area contributed by atoms with Crippen molar-refractivity contribution < 1.29 is 47.0 Å². The van der Waals surface area contributed by atoms with E-state index in [9.17, 15) is 37.5 Å². The number of benzene rings is 2. The lowest BCUT2D eigenvalue weighted by molar-refractivity contribution is -0.149. The zero-order chi connectivity index (χ0) is 40.4. The van der Waals surface area contributed by atoms with Crippen LogP contribution >= 0.6 is 0 Å². The molecule has 2 fully saturated rings. The molecule has 0 saturated carbocycles. The molecular formula is C37H43F2N9O8. The smallest absolute Gasteiger partial charge is 0.290 e. The summed E-state index contributed by atoms with van der Waals surface area (Å²) in [5.41, 5.74) is 7.53. The molecule has 1 aromatic heterocycles. The van der Waals surface area contributed by atoms with Gasteiger partial charge in [0.05, 0.1) is 45.7 Å². The number of fused-ring (bicyclic) bond motifs is 1. The van der Waals surface area contributed by atoms with Crippen molar-refractivity contribution in [1.82, 2.24) is 40.7 Å². The van der Waals surface area contributed by atoms with Crippen LogP contribution in [0.2, 0.25) is 0 Å². The van der Waals surface area contributed by atoms with Crippen LogP contribution in [0.15, 0.2) is 42.6 Å². The van der Waals surface area contributed by atoms with Gasteiger partial charge < -0.3 is 41.0 Å². The summed E-state index contributed by atoms with van der Waals surface area (Å²) in [6, 6.07) is 9.47. The van der Waals surface area contributed by atoms with Gasteiger partial charge in [-0.2, -0.15) is 0 Å². The van der Waals surface area contributed by atoms with Gasteiger partial charge in [0.15, 0.2) is 11.5 Å². The van der Waals surface area contributed by atoms with Gasteiger partial charge in [0, 0.05) is 44.9 Å². The molecule has 0 aliphatic carbocycles. The summed E-state index contributed by atoms with van der Waals surface area (Å²) >= 11 is 0. The van der Waals surface area contributed by atoms with E-state index in [1.165, 1.54) is 14.2 Å². The molecule has 3 aliphatic rings. The number of nitrogens with one attached hydrogen (secondary N) is 3. The van der Waals surface area contributed by atoms with Crippen LogP contribution in [0.4, 0.5) is 8.78 Å². The van der Waals surface area contributed by atoms with Crippen LogP contribution in [0, 0.1) is 5.92 Å². The predicted octanol–water partition coefficient (Wildman–Crippen LogP) is 0.167. The van der Waals surface area contributed by atoms with E-state index >= 15 is 0 Å². The minimum atomic E-state index is -3.49. The van der Waals surface area contributed by atoms with Crippen LogP contribution in [0.25, 0.3) is 0 Å². The highest BCUT2D eigenvalue weighted by atomic mass is 19.3. The van der Waals surface area contributed by atoms with E-state index < -0.39 is 72.3 Å². The summed E-state index contributed by atoms with van der Waals surface area (Å²) in [4.78, 5) is 81.1. The maximum Gasteiger partial charge on any atom is 0.290 e. The average molecular weight is 780 g/mol. The predicted molar refractivity (Wildman–Crippen MR) is 191 cm³/mol. The molecule has 17 nitrogen and oxygen atoms in total. The van der Waals surface area contributed by atoms with E-state index in [0.717, 1.165) is 23.6 Å². The van der Waals surface area contributed by atoms with Crippen LogP contribution < -0.4 is 31.2 Å². The number of rotatable bonds is 14. The molecule has 2 aromatic carbocycles. The monoisotopic (exact) mass is 779 g/mol. The van der Waals surface area contributed by atoms with Crippen molar-refractivity contribution >= 4 is 35.3 Å². The first kappa shape index (κ1) is 39.7. The number of amides is 5. The molecule has 3 aliphatic heterocycles. The Morgan fingerprint density at radius 3 is 2.52 bits per heavy atom. The molecule has 6 rings (SSSR count). The van der Waals surface area contributed by atoms with Crippen LogP contribution in [0.3, 0.4) is 0 Å². The van der Waals surface area contributed by atoms with Gasteiger partial charge in [0.1, 0.15) is 11.6 Å². The molecule has 19 heteroatoms. The topological polar surface area (TPSA) is 220 Å². The molecule has 3 atom stereocenters. The van der Waals surface area contributed by atoms with Crippen LogP contribution in [0.1, 0.15) is 54.1 Å². The third-order valence-electron chi connectivity index (χ3n) is 10.4. The van der Waals surface area contributed by atoms with Gasteiger partial charge in [-0.05, 0) is 47.7 Å². The Labute approximate surface area is 320 Å². The highest BCUT2D eigenvalue weighted by Crippen LogP contribution is 2.40. The number of nitrogens with two attached hydrogens (primary N) is 1. The number of carbonyl (C=O) groups excluding carboxylic acids is 6. The fraction of sp³-hybridized carbons (Fsp3) is 0.459. The third-order valence-corrected chi connectivity index (χ3v) is 10.4. The molecule has 0 bridgehead atoms. The number of halogens is 2. The first-order valence-corrected chi connectivity index (χ1v) is 17.9. The molecule has 5 amide bonds. The van der Waals surface area contributed by atoms with Gasteiger partial charge in [-0.25, -0.2) is 13.5 Å². The summed E-state index contributed by atoms with van der Waals surface area (Å²) in [6.45, 7) is 0.401. The molecular weight excluding hydrogens is 736 g/mol. The molecule has 298 valence electrons. The fourth-order valence-electron chi connectivity index (χ4n) is 7.43. The van der Waals surface area contributed by atoms with Crippen molar-refractivity contribution in [3.63, 3.8) is 0 Å². The zero-order valence-corrected chi connectivity index (χ0v) is 31.1. The Kier molecular flexibility index (Phi) is 11.4. The molecule has 2 saturated heterocycles. The molecule has 1 unspecified atom stereocenters. The Bertz CT molecular complexity index is 2060. The van der Waals surface area contributed by atoms with Crippen LogP contribution in [0.5, 0.6) is 11.5 Å². The van der Waals surface area contributed by atoms with Crippen molar-refractivity contribution in [2.45, 2.75) is 76.4 Å². The number of aromatic nitrogens is 3. The van der Waals surface area contributed by atoms with Gasteiger partial charge in [-0.15, -0.1) is 5.10 Å². The highest BCUT2D eigenvalue weighted by Gasteiger charge is 2.59. The molecule has 56 heavy (non-hydrogen) atoms. The zero-order valence-electron chi connectivity index (χ0n) is 31.1. The number of alkyl halides is 2. The number of likely N-dealkylation sites (tertiary alicyclic amines) is 1. The Morgan fingerprint density at radius 1 is 1.04 bits per heavy atom. The van der Waals surface area contributed by atoms with Gasteiger partial charge >= 0.3 is 0 Å². The van der Waals surface area contributed by atoms with E-state index in [4.69, 9.17) is 15.2 Å². The number of carbonyl (C=O) groups is 6. The SMILES string of the molecule is COc1ccc(CNC(=O)C(=O)[C@]2(C)CC(F)(F)CN2C(=O)CNC(=O)C2C[C@@H](CC(=O)N3Cc4cccc(Cn5cc(CN)nn5)c4C3)C(=O)N2)cc1OC. The van der Waals surface area contributed by atoms with Crippen molar-refractivity contribution in [3.05, 3.63) is 70.5 Å². The summed E-state index contributed by atoms with van der Waals surface area (Å²) in [5.74, 6) is -8.51. The van der Waals surface area contributed by atoms with E-state index in [1.54, 1.807) is 34.0 Å². The van der Waals surface area contributed by atoms with Gasteiger partial charge in [-0.3, -0.25) is 28.8 Å². The van der Waals surface area contributed by atoms with Crippen molar-refractivity contribution in [2.24, 2.45) is 11.7 Å². The van der Waals surface area contributed by atoms with Crippen molar-refractivity contribution in [1.29, 1.82) is 0 Å². The Balaban J connectivity index is 1.01. The lowest BCUT2D eigenvalue weighted by Crippen LogP contribution is -2.57. The van der Waals surface area contributed by atoms with E-state index in [0.29, 0.717) is 47.3 Å². The summed E-state index contributed by atoms with van der Waals surface area (Å²) in [6.07, 6.45) is 0.466. The molecule has 0 spiro atoms. The first-order valence-electron chi connectivity index (χ1n) is 17.9. The van der Waals surface area contributed by atoms with E-state index in [1.807, 2.05) is 18.2 Å². The van der Waals surface area contributed by atoms with E-state index in [-0.39, 0.29) is 31.8 Å². The molecule has 3 aromatic rings. The number of ether oxygens (including phenoxy) is 2. The molecule has 4 heterocycles. The van der Waals surface area contributed by atoms with Crippen molar-refractivity contribution in [2.75, 3.05) is 27.3 Å². The van der Waals surface area contributed by atoms with Gasteiger partial charge in [0.25, 0.3) is 11.8 Å². The lowest BCUT2D eigenvalue weighted by atomic mass is 9.91. The van der Waals surface area contributed by atoms with E-state index in [2.05, 4.69) is 26.3 Å². The second-order valence-electron chi connectivity index (χ2n) is 14.3. The second kappa shape index (κ2) is 16.0. The maximum absolute atomic E-state index is 14.7. The minimum Gasteiger partial charge on any atom is -0.493 e. The quantitative estimate of drug-likeness (QED) is 0.162. The second-order valence-corrected chi connectivity index (χ2v) is 14.3. The standard InChI is InChI=1S/C37H43F2N9O8/c1-36(32(51)35(54)41-13-21-7-8-28(55-2)29(9-21)56-3)19-37(38,39)20-48(36)31(50)14-42-34(53)27-10-24(33(52)43-27)11-30(49)46-15-22-5-4-6-23(26(22)18-46)16-47-17-25(12-40)44-45-47/h4-9,17,24,27H,10-16,18-20,40H2,1-3H3,(H,41,54)(H,42,53)(H,43,52)/t24-,27?,36-/m0/s1. The minimum absolute atomic E-state index is 0.0371. The third kappa shape index (κ3) is 8.31. The maximum atomic E-state index is 14.7. The Morgan fingerprint density at radius 2 is 1.80 bits per heavy atom. The lowest BCUT2D eigenvalue weighted by Gasteiger charge is -2.32. The normalized spacial score (nSPS) is 21.0. The Hall–Kier alpha value is -5.98.